The van der Waals surface area contributed by atoms with E-state index in [1.807, 2.05) is 19.1 Å². The first-order valence-corrected chi connectivity index (χ1v) is 11.6. The summed E-state index contributed by atoms with van der Waals surface area (Å²) in [5.41, 5.74) is 2.80. The third-order valence-corrected chi connectivity index (χ3v) is 6.46. The number of hydrogen-bond donors (Lipinski definition) is 3. The molecule has 1 saturated heterocycles. The molecule has 1 unspecified atom stereocenters. The van der Waals surface area contributed by atoms with Gasteiger partial charge in [0.1, 0.15) is 11.5 Å². The zero-order valence-corrected chi connectivity index (χ0v) is 20.1. The van der Waals surface area contributed by atoms with Gasteiger partial charge in [0.25, 0.3) is 5.78 Å². The van der Waals surface area contributed by atoms with Crippen LogP contribution in [0.2, 0.25) is 0 Å². The van der Waals surface area contributed by atoms with Crippen molar-refractivity contribution in [3.63, 3.8) is 0 Å². The zero-order chi connectivity index (χ0) is 26.3. The van der Waals surface area contributed by atoms with E-state index in [1.54, 1.807) is 36.4 Å². The van der Waals surface area contributed by atoms with Crippen molar-refractivity contribution < 1.29 is 29.3 Å². The number of rotatable bonds is 6. The number of aromatic nitrogens is 2. The molecule has 1 aliphatic rings. The van der Waals surface area contributed by atoms with Crippen LogP contribution in [0.5, 0.6) is 5.75 Å². The average molecular weight is 498 g/mol. The Labute approximate surface area is 211 Å². The molecule has 2 heterocycles. The van der Waals surface area contributed by atoms with Crippen LogP contribution in [0.25, 0.3) is 16.8 Å². The van der Waals surface area contributed by atoms with Gasteiger partial charge in [-0.05, 0) is 47.9 Å². The lowest BCUT2D eigenvalue weighted by Gasteiger charge is -2.23. The van der Waals surface area contributed by atoms with Gasteiger partial charge in [0, 0.05) is 5.56 Å². The Hall–Kier alpha value is -4.92. The number of aromatic carboxylic acids is 1. The van der Waals surface area contributed by atoms with Crippen molar-refractivity contribution in [3.05, 3.63) is 94.6 Å². The first-order chi connectivity index (χ1) is 17.8. The minimum atomic E-state index is -1.11. The lowest BCUT2D eigenvalue weighted by molar-refractivity contribution is -0.132. The molecule has 0 spiro atoms. The summed E-state index contributed by atoms with van der Waals surface area (Å²) in [4.78, 5) is 46.7. The number of nitrogens with one attached hydrogen (secondary N) is 1. The number of ether oxygens (including phenoxy) is 1. The second kappa shape index (κ2) is 9.27. The van der Waals surface area contributed by atoms with Gasteiger partial charge in [-0.2, -0.15) is 0 Å². The smallest absolute Gasteiger partial charge is 0.335 e. The monoisotopic (exact) mass is 497 g/mol. The molecular formula is C28H23N3O6. The van der Waals surface area contributed by atoms with Crippen molar-refractivity contribution >= 4 is 40.4 Å². The Bertz CT molecular complexity index is 1570. The van der Waals surface area contributed by atoms with Crippen molar-refractivity contribution in [2.75, 3.05) is 12.0 Å². The number of aliphatic hydroxyl groups excluding tert-OH is 1. The van der Waals surface area contributed by atoms with E-state index in [0.717, 1.165) is 12.0 Å². The number of amides is 1. The number of benzene rings is 3. The number of Topliss-reactive ketones (excluding diaryl/α,β-unsaturated/α-hetero) is 1. The van der Waals surface area contributed by atoms with Crippen molar-refractivity contribution in [2.45, 2.75) is 19.4 Å². The zero-order valence-electron chi connectivity index (χ0n) is 20.1. The molecule has 1 atom stereocenters. The standard InChI is InChI=1S/C28H23N3O6/c1-3-15-4-6-17(7-5-15)24(32)22-23(16-8-11-19(37-2)12-9-16)31(26(34)25(22)33)28-29-20-13-10-18(27(35)36)14-21(20)30-28/h4-14,23,32H,3H2,1-2H3,(H,29,30)(H,35,36)/b24-22+. The summed E-state index contributed by atoms with van der Waals surface area (Å²) in [5.74, 6) is -2.49. The summed E-state index contributed by atoms with van der Waals surface area (Å²) < 4.78 is 5.25. The normalized spacial score (nSPS) is 16.9. The number of carbonyl (C=O) groups is 3. The van der Waals surface area contributed by atoms with Crippen molar-refractivity contribution in [1.29, 1.82) is 0 Å². The Balaban J connectivity index is 1.69. The highest BCUT2D eigenvalue weighted by Crippen LogP contribution is 2.42. The number of ketones is 1. The van der Waals surface area contributed by atoms with E-state index in [1.165, 1.54) is 30.2 Å². The second-order valence-electron chi connectivity index (χ2n) is 8.59. The number of H-pyrrole nitrogens is 1. The van der Waals surface area contributed by atoms with Crippen molar-refractivity contribution in [1.82, 2.24) is 9.97 Å². The minimum Gasteiger partial charge on any atom is -0.507 e. The van der Waals surface area contributed by atoms with Gasteiger partial charge in [0.15, 0.2) is 0 Å². The SMILES string of the molecule is CCc1ccc(/C(O)=C2\C(=O)C(=O)N(c3nc4ccc(C(=O)O)cc4[nH]3)C2c2ccc(OC)cc2)cc1. The molecule has 37 heavy (non-hydrogen) atoms. The number of aromatic amines is 1. The number of hydrogen-bond acceptors (Lipinski definition) is 6. The van der Waals surface area contributed by atoms with Crippen LogP contribution in [0, 0.1) is 0 Å². The Morgan fingerprint density at radius 3 is 2.30 bits per heavy atom. The molecule has 1 fully saturated rings. The average Bonchev–Trinajstić information content (AvgIpc) is 3.45. The first kappa shape index (κ1) is 23.8. The summed E-state index contributed by atoms with van der Waals surface area (Å²) in [5, 5.41) is 20.6. The predicted molar refractivity (Wildman–Crippen MR) is 137 cm³/mol. The molecule has 3 N–H and O–H groups in total. The highest BCUT2D eigenvalue weighted by molar-refractivity contribution is 6.51. The van der Waals surface area contributed by atoms with Gasteiger partial charge in [0.2, 0.25) is 5.95 Å². The third-order valence-electron chi connectivity index (χ3n) is 6.46. The lowest BCUT2D eigenvalue weighted by atomic mass is 9.95. The number of carbonyl (C=O) groups excluding carboxylic acids is 2. The fourth-order valence-electron chi connectivity index (χ4n) is 4.45. The van der Waals surface area contributed by atoms with E-state index in [0.29, 0.717) is 27.9 Å². The minimum absolute atomic E-state index is 0.0481. The van der Waals surface area contributed by atoms with Crippen LogP contribution < -0.4 is 9.64 Å². The maximum absolute atomic E-state index is 13.4. The highest BCUT2D eigenvalue weighted by atomic mass is 16.5. The predicted octanol–water partition coefficient (Wildman–Crippen LogP) is 4.46. The molecule has 4 aromatic rings. The van der Waals surface area contributed by atoms with Crippen LogP contribution in [0.15, 0.2) is 72.3 Å². The molecule has 186 valence electrons. The molecule has 0 aliphatic carbocycles. The van der Waals surface area contributed by atoms with Crippen molar-refractivity contribution in [3.8, 4) is 5.75 Å². The molecule has 5 rings (SSSR count). The Morgan fingerprint density at radius 1 is 1.00 bits per heavy atom. The number of carboxylic acid groups (broad SMARTS) is 1. The molecule has 0 bridgehead atoms. The van der Waals surface area contributed by atoms with E-state index >= 15 is 0 Å². The molecule has 9 nitrogen and oxygen atoms in total. The third kappa shape index (κ3) is 4.10. The molecule has 1 amide bonds. The fraction of sp³-hybridized carbons (Fsp3) is 0.143. The largest absolute Gasteiger partial charge is 0.507 e. The maximum atomic E-state index is 13.4. The van der Waals surface area contributed by atoms with Crippen LogP contribution in [0.3, 0.4) is 0 Å². The molecular weight excluding hydrogens is 474 g/mol. The van der Waals surface area contributed by atoms with Crippen LogP contribution in [-0.2, 0) is 16.0 Å². The number of aliphatic hydroxyl groups is 1. The number of aryl methyl sites for hydroxylation is 1. The van der Waals surface area contributed by atoms with Crippen LogP contribution in [0.4, 0.5) is 5.95 Å². The van der Waals surface area contributed by atoms with Gasteiger partial charge in [-0.3, -0.25) is 14.5 Å². The quantitative estimate of drug-likeness (QED) is 0.203. The summed E-state index contributed by atoms with van der Waals surface area (Å²) in [6.45, 7) is 2.01. The summed E-state index contributed by atoms with van der Waals surface area (Å²) in [6, 6.07) is 17.3. The number of fused-ring (bicyclic) bond motifs is 1. The molecule has 0 radical (unpaired) electrons. The Kier molecular flexibility index (Phi) is 5.96. The van der Waals surface area contributed by atoms with E-state index in [4.69, 9.17) is 4.74 Å². The summed E-state index contributed by atoms with van der Waals surface area (Å²) in [7, 11) is 1.53. The van der Waals surface area contributed by atoms with Gasteiger partial charge < -0.3 is 19.9 Å². The number of carboxylic acids is 1. The molecule has 1 aliphatic heterocycles. The lowest BCUT2D eigenvalue weighted by Crippen LogP contribution is -2.30. The Morgan fingerprint density at radius 2 is 1.68 bits per heavy atom. The topological polar surface area (TPSA) is 133 Å². The van der Waals surface area contributed by atoms with Crippen LogP contribution in [-0.4, -0.2) is 45.0 Å². The van der Waals surface area contributed by atoms with Crippen LogP contribution in [0.1, 0.15) is 40.0 Å². The first-order valence-electron chi connectivity index (χ1n) is 11.6. The number of nitrogens with zero attached hydrogens (tertiary/aromatic N) is 2. The second-order valence-corrected chi connectivity index (χ2v) is 8.59. The van der Waals surface area contributed by atoms with Crippen LogP contribution >= 0.6 is 0 Å². The molecule has 1 aromatic heterocycles. The van der Waals surface area contributed by atoms with E-state index in [9.17, 15) is 24.6 Å². The van der Waals surface area contributed by atoms with Gasteiger partial charge in [-0.1, -0.05) is 43.3 Å². The summed E-state index contributed by atoms with van der Waals surface area (Å²) in [6.07, 6.45) is 0.812. The van der Waals surface area contributed by atoms with E-state index in [2.05, 4.69) is 9.97 Å². The van der Waals surface area contributed by atoms with E-state index in [-0.39, 0.29) is 22.8 Å². The molecule has 9 heteroatoms. The van der Waals surface area contributed by atoms with Gasteiger partial charge >= 0.3 is 11.9 Å². The number of anilines is 1. The van der Waals surface area contributed by atoms with E-state index < -0.39 is 23.7 Å². The van der Waals surface area contributed by atoms with Gasteiger partial charge in [0.05, 0.1) is 35.3 Å². The van der Waals surface area contributed by atoms with Gasteiger partial charge in [-0.25, -0.2) is 9.78 Å². The van der Waals surface area contributed by atoms with Gasteiger partial charge in [-0.15, -0.1) is 0 Å². The van der Waals surface area contributed by atoms with Crippen molar-refractivity contribution in [2.24, 2.45) is 0 Å². The maximum Gasteiger partial charge on any atom is 0.335 e. The summed E-state index contributed by atoms with van der Waals surface area (Å²) >= 11 is 0. The molecule has 3 aromatic carbocycles. The number of imidazole rings is 1. The number of methoxy groups -OCH3 is 1. The molecule has 0 saturated carbocycles. The fourth-order valence-corrected chi connectivity index (χ4v) is 4.45. The highest BCUT2D eigenvalue weighted by Gasteiger charge is 2.48.